The van der Waals surface area contributed by atoms with Crippen LogP contribution in [0.25, 0.3) is 0 Å². The van der Waals surface area contributed by atoms with E-state index in [-0.39, 0.29) is 6.54 Å². The average molecular weight is 273 g/mol. The summed E-state index contributed by atoms with van der Waals surface area (Å²) < 4.78 is 4.91. The second-order valence-electron chi connectivity index (χ2n) is 4.38. The van der Waals surface area contributed by atoms with Crippen molar-refractivity contribution in [1.29, 1.82) is 0 Å². The van der Waals surface area contributed by atoms with E-state index < -0.39 is 36.3 Å². The Hall–Kier alpha value is -1.45. The minimum absolute atomic E-state index is 0.152. The van der Waals surface area contributed by atoms with Gasteiger partial charge in [0.2, 0.25) is 0 Å². The van der Waals surface area contributed by atoms with E-state index in [1.807, 2.05) is 0 Å². The molecule has 0 aromatic rings. The summed E-state index contributed by atoms with van der Waals surface area (Å²) in [5, 5.41) is 48.2. The van der Waals surface area contributed by atoms with E-state index in [2.05, 4.69) is 0 Å². The molecule has 19 heavy (non-hydrogen) atoms. The number of aliphatic hydroxyl groups excluding tert-OH is 3. The highest BCUT2D eigenvalue weighted by Gasteiger charge is 2.57. The molecule has 0 aliphatic carbocycles. The summed E-state index contributed by atoms with van der Waals surface area (Å²) in [6, 6.07) is 0. The summed E-state index contributed by atoms with van der Waals surface area (Å²) in [6.45, 7) is 0.152. The lowest BCUT2D eigenvalue weighted by Crippen LogP contribution is -2.71. The largest absolute Gasteiger partial charge is 0.479 e. The third-order valence-electron chi connectivity index (χ3n) is 3.14. The van der Waals surface area contributed by atoms with Crippen molar-refractivity contribution in [1.82, 2.24) is 4.90 Å². The molecule has 106 valence electrons. The van der Waals surface area contributed by atoms with Crippen molar-refractivity contribution in [2.75, 3.05) is 6.54 Å². The molecule has 0 saturated carbocycles. The minimum atomic E-state index is -2.43. The molecular formula is C11H15NO7. The number of ether oxygens (including phenoxy) is 1. The Labute approximate surface area is 108 Å². The van der Waals surface area contributed by atoms with Crippen LogP contribution in [-0.2, 0) is 9.53 Å². The standard InChI is InChI=1S/C11H15NO7/c13-6-7(14)9(15)11(18,19-8(6)10(16)17)12-4-2-1-3-5-12/h1-4,6-9,13-15,18H,5H2,(H,16,17)/t6-,7-,8-,9+,11?/m0/s1. The highest BCUT2D eigenvalue weighted by molar-refractivity contribution is 5.73. The number of carboxylic acid groups (broad SMARTS) is 1. The third-order valence-corrected chi connectivity index (χ3v) is 3.14. The van der Waals surface area contributed by atoms with Gasteiger partial charge in [-0.3, -0.25) is 0 Å². The van der Waals surface area contributed by atoms with Crippen molar-refractivity contribution in [2.45, 2.75) is 30.3 Å². The SMILES string of the molecule is O=C(O)[C@H]1OC(O)(N2C=CC=CC2)[C@H](O)[C@@H](O)[C@@H]1O. The van der Waals surface area contributed by atoms with Crippen LogP contribution in [0.2, 0.25) is 0 Å². The van der Waals surface area contributed by atoms with E-state index in [9.17, 15) is 25.2 Å². The van der Waals surface area contributed by atoms with Gasteiger partial charge in [0.05, 0.1) is 0 Å². The molecule has 2 heterocycles. The number of hydrogen-bond acceptors (Lipinski definition) is 7. The number of allylic oxidation sites excluding steroid dienone is 2. The molecule has 0 bridgehead atoms. The normalized spacial score (nSPS) is 42.4. The van der Waals surface area contributed by atoms with E-state index in [1.54, 1.807) is 18.2 Å². The fraction of sp³-hybridized carbons (Fsp3) is 0.545. The first-order valence-corrected chi connectivity index (χ1v) is 5.65. The molecule has 5 N–H and O–H groups in total. The number of aliphatic hydroxyl groups is 4. The van der Waals surface area contributed by atoms with Gasteiger partial charge in [-0.05, 0) is 6.08 Å². The summed E-state index contributed by atoms with van der Waals surface area (Å²) in [7, 11) is 0. The number of rotatable bonds is 2. The van der Waals surface area contributed by atoms with Gasteiger partial charge in [-0.25, -0.2) is 4.79 Å². The summed E-state index contributed by atoms with van der Waals surface area (Å²) >= 11 is 0. The van der Waals surface area contributed by atoms with Crippen molar-refractivity contribution in [3.8, 4) is 0 Å². The Balaban J connectivity index is 2.30. The number of hydrogen-bond donors (Lipinski definition) is 5. The van der Waals surface area contributed by atoms with Crippen molar-refractivity contribution >= 4 is 5.97 Å². The smallest absolute Gasteiger partial charge is 0.335 e. The number of carboxylic acids is 1. The number of nitrogens with zero attached hydrogens (tertiary/aromatic N) is 1. The summed E-state index contributed by atoms with van der Waals surface area (Å²) in [4.78, 5) is 12.1. The van der Waals surface area contributed by atoms with Crippen molar-refractivity contribution < 1.29 is 35.1 Å². The molecule has 0 aromatic heterocycles. The third kappa shape index (κ3) is 2.24. The predicted molar refractivity (Wildman–Crippen MR) is 60.5 cm³/mol. The Morgan fingerprint density at radius 3 is 2.47 bits per heavy atom. The fourth-order valence-electron chi connectivity index (χ4n) is 2.05. The monoisotopic (exact) mass is 273 g/mol. The lowest BCUT2D eigenvalue weighted by Gasteiger charge is -2.49. The maximum absolute atomic E-state index is 10.9. The van der Waals surface area contributed by atoms with Gasteiger partial charge in [-0.1, -0.05) is 12.2 Å². The second kappa shape index (κ2) is 4.91. The van der Waals surface area contributed by atoms with E-state index in [0.29, 0.717) is 0 Å². The zero-order valence-corrected chi connectivity index (χ0v) is 9.83. The van der Waals surface area contributed by atoms with Crippen LogP contribution in [-0.4, -0.2) is 73.3 Å². The minimum Gasteiger partial charge on any atom is -0.479 e. The van der Waals surface area contributed by atoms with Crippen LogP contribution in [0.5, 0.6) is 0 Å². The van der Waals surface area contributed by atoms with Gasteiger partial charge < -0.3 is 35.2 Å². The van der Waals surface area contributed by atoms with E-state index in [4.69, 9.17) is 9.84 Å². The van der Waals surface area contributed by atoms with Crippen molar-refractivity contribution in [3.05, 3.63) is 24.4 Å². The van der Waals surface area contributed by atoms with Crippen LogP contribution >= 0.6 is 0 Å². The highest BCUT2D eigenvalue weighted by atomic mass is 16.7. The predicted octanol–water partition coefficient (Wildman–Crippen LogP) is -2.42. The van der Waals surface area contributed by atoms with Gasteiger partial charge in [0, 0.05) is 12.7 Å². The molecule has 8 heteroatoms. The molecule has 1 saturated heterocycles. The van der Waals surface area contributed by atoms with Gasteiger partial charge >= 0.3 is 5.97 Å². The summed E-state index contributed by atoms with van der Waals surface area (Å²) in [5.41, 5.74) is 0. The second-order valence-corrected chi connectivity index (χ2v) is 4.38. The Morgan fingerprint density at radius 2 is 1.95 bits per heavy atom. The Morgan fingerprint density at radius 1 is 1.26 bits per heavy atom. The molecule has 2 aliphatic rings. The van der Waals surface area contributed by atoms with E-state index >= 15 is 0 Å². The average Bonchev–Trinajstić information content (AvgIpc) is 2.41. The van der Waals surface area contributed by atoms with Crippen LogP contribution in [0.15, 0.2) is 24.4 Å². The van der Waals surface area contributed by atoms with Gasteiger partial charge in [0.1, 0.15) is 12.2 Å². The van der Waals surface area contributed by atoms with Crippen molar-refractivity contribution in [3.63, 3.8) is 0 Å². The molecule has 1 fully saturated rings. The quantitative estimate of drug-likeness (QED) is 0.376. The van der Waals surface area contributed by atoms with Crippen molar-refractivity contribution in [2.24, 2.45) is 0 Å². The number of aliphatic carboxylic acids is 1. The molecule has 0 aromatic carbocycles. The van der Waals surface area contributed by atoms with Crippen LogP contribution in [0, 0.1) is 0 Å². The maximum atomic E-state index is 10.9. The summed E-state index contributed by atoms with van der Waals surface area (Å²) in [6.07, 6.45) is -1.15. The highest BCUT2D eigenvalue weighted by Crippen LogP contribution is 2.32. The maximum Gasteiger partial charge on any atom is 0.335 e. The van der Waals surface area contributed by atoms with Gasteiger partial charge in [-0.2, -0.15) is 0 Å². The first-order chi connectivity index (χ1) is 8.88. The molecule has 1 unspecified atom stereocenters. The van der Waals surface area contributed by atoms with Gasteiger partial charge in [0.15, 0.2) is 12.2 Å². The van der Waals surface area contributed by atoms with Crippen LogP contribution in [0.1, 0.15) is 0 Å². The van der Waals surface area contributed by atoms with Gasteiger partial charge in [0.25, 0.3) is 5.91 Å². The molecule has 2 rings (SSSR count). The fourth-order valence-corrected chi connectivity index (χ4v) is 2.05. The van der Waals surface area contributed by atoms with Crippen LogP contribution in [0.4, 0.5) is 0 Å². The van der Waals surface area contributed by atoms with Crippen LogP contribution in [0.3, 0.4) is 0 Å². The molecule has 0 amide bonds. The lowest BCUT2D eigenvalue weighted by atomic mass is 9.95. The zero-order valence-electron chi connectivity index (χ0n) is 9.83. The number of carbonyl (C=O) groups is 1. The van der Waals surface area contributed by atoms with E-state index in [1.165, 1.54) is 6.20 Å². The molecule has 5 atom stereocenters. The molecule has 0 radical (unpaired) electrons. The van der Waals surface area contributed by atoms with Crippen LogP contribution < -0.4 is 0 Å². The molecule has 2 aliphatic heterocycles. The first kappa shape index (κ1) is 14.0. The Kier molecular flexibility index (Phi) is 3.61. The summed E-state index contributed by atoms with van der Waals surface area (Å²) in [5.74, 6) is -3.98. The molecule has 0 spiro atoms. The molecule has 8 nitrogen and oxygen atoms in total. The van der Waals surface area contributed by atoms with Gasteiger partial charge in [-0.15, -0.1) is 0 Å². The molecular weight excluding hydrogens is 258 g/mol. The van der Waals surface area contributed by atoms with E-state index in [0.717, 1.165) is 4.90 Å². The lowest BCUT2D eigenvalue weighted by molar-refractivity contribution is -0.386. The zero-order chi connectivity index (χ0) is 14.2. The topological polar surface area (TPSA) is 131 Å². The Bertz CT molecular complexity index is 423. The first-order valence-electron chi connectivity index (χ1n) is 5.65.